The van der Waals surface area contributed by atoms with Crippen molar-refractivity contribution in [3.63, 3.8) is 0 Å². The first-order valence-electron chi connectivity index (χ1n) is 5.94. The smallest absolute Gasteiger partial charge is 0.272 e. The lowest BCUT2D eigenvalue weighted by atomic mass is 9.88. The number of rotatable bonds is 0. The van der Waals surface area contributed by atoms with E-state index in [2.05, 4.69) is 31.2 Å². The molecule has 3 aliphatic heterocycles. The third-order valence-electron chi connectivity index (χ3n) is 4.09. The van der Waals surface area contributed by atoms with Crippen LogP contribution >= 0.6 is 15.9 Å². The molecule has 1 aromatic heterocycles. The van der Waals surface area contributed by atoms with Gasteiger partial charge in [0.05, 0.1) is 0 Å². The molecule has 94 valence electrons. The third kappa shape index (κ3) is 0.996. The van der Waals surface area contributed by atoms with E-state index in [0.29, 0.717) is 11.7 Å². The van der Waals surface area contributed by atoms with Crippen molar-refractivity contribution in [1.29, 1.82) is 0 Å². The Kier molecular flexibility index (Phi) is 1.79. The zero-order chi connectivity index (χ0) is 12.5. The van der Waals surface area contributed by atoms with E-state index in [1.165, 1.54) is 0 Å². The van der Waals surface area contributed by atoms with E-state index in [-0.39, 0.29) is 11.9 Å². The lowest BCUT2D eigenvalue weighted by Gasteiger charge is -2.42. The van der Waals surface area contributed by atoms with Crippen LogP contribution < -0.4 is 11.1 Å². The van der Waals surface area contributed by atoms with Gasteiger partial charge in [-0.1, -0.05) is 0 Å². The Labute approximate surface area is 112 Å². The van der Waals surface area contributed by atoms with Crippen LogP contribution in [-0.2, 0) is 0 Å². The van der Waals surface area contributed by atoms with Crippen LogP contribution in [0.25, 0.3) is 0 Å². The molecule has 0 radical (unpaired) electrons. The summed E-state index contributed by atoms with van der Waals surface area (Å²) in [5.41, 5.74) is 6.95. The average molecular weight is 310 g/mol. The minimum atomic E-state index is -0.446. The molecule has 7 heteroatoms. The Morgan fingerprint density at radius 3 is 3.28 bits per heavy atom. The number of hydrogen-bond donors (Lipinski definition) is 3. The number of nitrogens with zero attached hydrogens (tertiary/aromatic N) is 2. The molecule has 1 spiro atoms. The Hall–Kier alpha value is -1.50. The van der Waals surface area contributed by atoms with Crippen LogP contribution in [0.15, 0.2) is 15.7 Å². The van der Waals surface area contributed by atoms with Crippen molar-refractivity contribution in [2.45, 2.75) is 24.5 Å². The van der Waals surface area contributed by atoms with E-state index in [1.54, 1.807) is 6.20 Å². The number of carbonyl (C=O) groups is 1. The summed E-state index contributed by atoms with van der Waals surface area (Å²) in [7, 11) is 0. The molecule has 1 saturated heterocycles. The Balaban J connectivity index is 1.99. The second kappa shape index (κ2) is 3.09. The minimum Gasteiger partial charge on any atom is -0.370 e. The van der Waals surface area contributed by atoms with Gasteiger partial charge in [-0.15, -0.1) is 0 Å². The van der Waals surface area contributed by atoms with Gasteiger partial charge in [0.2, 0.25) is 0 Å². The van der Waals surface area contributed by atoms with Crippen LogP contribution in [0.1, 0.15) is 34.9 Å². The molecule has 0 saturated carbocycles. The van der Waals surface area contributed by atoms with Gasteiger partial charge in [-0.05, 0) is 28.8 Å². The third-order valence-corrected chi connectivity index (χ3v) is 4.74. The average Bonchev–Trinajstić information content (AvgIpc) is 2.97. The fourth-order valence-corrected chi connectivity index (χ4v) is 3.93. The molecule has 1 amide bonds. The van der Waals surface area contributed by atoms with E-state index in [1.807, 2.05) is 4.90 Å². The molecule has 0 bridgehead atoms. The van der Waals surface area contributed by atoms with Crippen LogP contribution in [0.5, 0.6) is 0 Å². The lowest BCUT2D eigenvalue weighted by molar-refractivity contribution is 0.0464. The van der Waals surface area contributed by atoms with Crippen molar-refractivity contribution in [3.05, 3.63) is 21.9 Å². The fourth-order valence-electron chi connectivity index (χ4n) is 3.40. The summed E-state index contributed by atoms with van der Waals surface area (Å²) in [6, 6.07) is -0.117. The first-order chi connectivity index (χ1) is 8.63. The van der Waals surface area contributed by atoms with E-state index >= 15 is 0 Å². The monoisotopic (exact) mass is 309 g/mol. The maximum atomic E-state index is 12.5. The van der Waals surface area contributed by atoms with Gasteiger partial charge in [-0.2, -0.15) is 0 Å². The number of hydrogen-bond acceptors (Lipinski definition) is 4. The highest BCUT2D eigenvalue weighted by atomic mass is 79.9. The Morgan fingerprint density at radius 2 is 2.44 bits per heavy atom. The van der Waals surface area contributed by atoms with Gasteiger partial charge in [0.25, 0.3) is 5.91 Å². The highest BCUT2D eigenvalue weighted by Crippen LogP contribution is 2.49. The van der Waals surface area contributed by atoms with Crippen molar-refractivity contribution < 1.29 is 4.79 Å². The quantitative estimate of drug-likeness (QED) is 0.659. The summed E-state index contributed by atoms with van der Waals surface area (Å²) >= 11 is 3.49. The number of guanidine groups is 1. The maximum absolute atomic E-state index is 12.5. The molecule has 18 heavy (non-hydrogen) atoms. The van der Waals surface area contributed by atoms with Gasteiger partial charge in [-0.25, -0.2) is 4.99 Å². The van der Waals surface area contributed by atoms with Gasteiger partial charge >= 0.3 is 0 Å². The number of nitrogens with two attached hydrogens (primary N) is 1. The van der Waals surface area contributed by atoms with Gasteiger partial charge < -0.3 is 20.9 Å². The number of nitrogens with one attached hydrogen (secondary N) is 2. The predicted octanol–water partition coefficient (Wildman–Crippen LogP) is 0.682. The molecular weight excluding hydrogens is 298 g/mol. The topological polar surface area (TPSA) is 86.5 Å². The summed E-state index contributed by atoms with van der Waals surface area (Å²) in [5.74, 6) is 0.447. The zero-order valence-electron chi connectivity index (χ0n) is 9.53. The second-order valence-corrected chi connectivity index (χ2v) is 5.81. The molecule has 1 aromatic rings. The number of H-pyrrole nitrogens is 1. The van der Waals surface area contributed by atoms with Crippen molar-refractivity contribution in [2.75, 3.05) is 6.54 Å². The largest absolute Gasteiger partial charge is 0.370 e. The molecule has 1 fully saturated rings. The summed E-state index contributed by atoms with van der Waals surface area (Å²) in [4.78, 5) is 21.9. The van der Waals surface area contributed by atoms with E-state index < -0.39 is 5.66 Å². The van der Waals surface area contributed by atoms with E-state index in [4.69, 9.17) is 5.73 Å². The predicted molar refractivity (Wildman–Crippen MR) is 69.0 cm³/mol. The molecule has 4 heterocycles. The molecule has 0 aliphatic carbocycles. The fraction of sp³-hybridized carbons (Fsp3) is 0.455. The Morgan fingerprint density at radius 1 is 1.61 bits per heavy atom. The molecular formula is C11H12BrN5O. The number of amides is 1. The SMILES string of the molecule is NC1=N[C@H]2c3c(Br)c[nH]c3C(=O)N3CCC[C@@]23N1. The van der Waals surface area contributed by atoms with E-state index in [9.17, 15) is 4.79 Å². The van der Waals surface area contributed by atoms with Crippen molar-refractivity contribution in [2.24, 2.45) is 10.7 Å². The molecule has 3 aliphatic rings. The normalized spacial score (nSPS) is 32.7. The van der Waals surface area contributed by atoms with E-state index in [0.717, 1.165) is 29.4 Å². The summed E-state index contributed by atoms with van der Waals surface area (Å²) in [6.45, 7) is 0.751. The zero-order valence-corrected chi connectivity index (χ0v) is 11.1. The van der Waals surface area contributed by atoms with Gasteiger partial charge in [0.15, 0.2) is 5.96 Å². The van der Waals surface area contributed by atoms with Crippen molar-refractivity contribution in [3.8, 4) is 0 Å². The number of aromatic nitrogens is 1. The van der Waals surface area contributed by atoms with Gasteiger partial charge in [0.1, 0.15) is 17.4 Å². The molecule has 0 aromatic carbocycles. The maximum Gasteiger partial charge on any atom is 0.272 e. The summed E-state index contributed by atoms with van der Waals surface area (Å²) < 4.78 is 0.891. The first-order valence-corrected chi connectivity index (χ1v) is 6.73. The van der Waals surface area contributed by atoms with Crippen LogP contribution in [0.2, 0.25) is 0 Å². The number of carbonyl (C=O) groups excluding carboxylic acids is 1. The van der Waals surface area contributed by atoms with Crippen LogP contribution in [0.3, 0.4) is 0 Å². The van der Waals surface area contributed by atoms with Crippen LogP contribution in [0.4, 0.5) is 0 Å². The first kappa shape index (κ1) is 10.4. The summed E-state index contributed by atoms with van der Waals surface area (Å²) in [6.07, 6.45) is 3.65. The lowest BCUT2D eigenvalue weighted by Crippen LogP contribution is -2.61. The molecule has 0 unspecified atom stereocenters. The molecule has 4 rings (SSSR count). The number of halogens is 1. The minimum absolute atomic E-state index is 0.0295. The molecule has 6 nitrogen and oxygen atoms in total. The molecule has 2 atom stereocenters. The Bertz CT molecular complexity index is 594. The molecule has 4 N–H and O–H groups in total. The van der Waals surface area contributed by atoms with Crippen LogP contribution in [-0.4, -0.2) is 34.0 Å². The highest BCUT2D eigenvalue weighted by Gasteiger charge is 2.58. The van der Waals surface area contributed by atoms with Crippen LogP contribution in [0, 0.1) is 0 Å². The summed E-state index contributed by atoms with van der Waals surface area (Å²) in [5, 5.41) is 3.22. The number of aliphatic imine (C=N–C) groups is 1. The highest BCUT2D eigenvalue weighted by molar-refractivity contribution is 9.10. The number of fused-ring (bicyclic) bond motifs is 2. The van der Waals surface area contributed by atoms with Crippen molar-refractivity contribution >= 4 is 27.8 Å². The van der Waals surface area contributed by atoms with Crippen molar-refractivity contribution in [1.82, 2.24) is 15.2 Å². The second-order valence-electron chi connectivity index (χ2n) is 4.95. The van der Waals surface area contributed by atoms with Gasteiger partial charge in [-0.3, -0.25) is 4.79 Å². The standard InChI is InChI=1S/C11H12BrN5O/c12-5-4-14-7-6(5)8-11(16-10(13)15-8)2-1-3-17(11)9(7)18/h4,8,14H,1-3H2,(H3,13,15,16)/t8-,11-/m0/s1. The number of aromatic amines is 1. The van der Waals surface area contributed by atoms with Gasteiger partial charge in [0, 0.05) is 22.8 Å².